The number of hydrogen-bond acceptors (Lipinski definition) is 2. The SMILES string of the molecule is CC(C)(C)C1CCC(=NNC(=O)c2ccccc2Cl)CC1. The van der Waals surface area contributed by atoms with E-state index in [0.717, 1.165) is 37.3 Å². The summed E-state index contributed by atoms with van der Waals surface area (Å²) in [4.78, 5) is 12.0. The van der Waals surface area contributed by atoms with Crippen LogP contribution in [-0.2, 0) is 0 Å². The standard InChI is InChI=1S/C17H23ClN2O/c1-17(2,3)12-8-10-13(11-9-12)19-20-16(21)14-6-4-5-7-15(14)18/h4-7,12H,8-11H2,1-3H3,(H,20,21). The monoisotopic (exact) mass is 306 g/mol. The van der Waals surface area contributed by atoms with Gasteiger partial charge in [-0.15, -0.1) is 0 Å². The molecule has 0 unspecified atom stereocenters. The molecular weight excluding hydrogens is 284 g/mol. The smallest absolute Gasteiger partial charge is 0.267 e. The Kier molecular flexibility index (Phi) is 5.04. The Balaban J connectivity index is 1.92. The Morgan fingerprint density at radius 3 is 2.43 bits per heavy atom. The molecule has 1 amide bonds. The Morgan fingerprint density at radius 2 is 1.86 bits per heavy atom. The summed E-state index contributed by atoms with van der Waals surface area (Å²) >= 11 is 6.00. The highest BCUT2D eigenvalue weighted by Crippen LogP contribution is 2.36. The molecule has 3 nitrogen and oxygen atoms in total. The molecule has 2 rings (SSSR count). The van der Waals surface area contributed by atoms with Crippen molar-refractivity contribution in [2.45, 2.75) is 46.5 Å². The summed E-state index contributed by atoms with van der Waals surface area (Å²) in [5, 5.41) is 4.73. The fraction of sp³-hybridized carbons (Fsp3) is 0.529. The summed E-state index contributed by atoms with van der Waals surface area (Å²) in [5.41, 5.74) is 4.53. The highest BCUT2D eigenvalue weighted by Gasteiger charge is 2.28. The Morgan fingerprint density at radius 1 is 1.24 bits per heavy atom. The van der Waals surface area contributed by atoms with Gasteiger partial charge in [0.1, 0.15) is 0 Å². The van der Waals surface area contributed by atoms with E-state index in [4.69, 9.17) is 11.6 Å². The number of benzene rings is 1. The number of carbonyl (C=O) groups excluding carboxylic acids is 1. The first-order valence-electron chi connectivity index (χ1n) is 7.48. The largest absolute Gasteiger partial charge is 0.272 e. The molecule has 0 atom stereocenters. The van der Waals surface area contributed by atoms with E-state index >= 15 is 0 Å². The lowest BCUT2D eigenvalue weighted by atomic mass is 9.72. The average Bonchev–Trinajstić information content (AvgIpc) is 2.45. The van der Waals surface area contributed by atoms with E-state index in [0.29, 0.717) is 16.0 Å². The van der Waals surface area contributed by atoms with E-state index in [9.17, 15) is 4.79 Å². The quantitative estimate of drug-likeness (QED) is 0.793. The second-order valence-electron chi connectivity index (χ2n) is 6.74. The average molecular weight is 307 g/mol. The van der Waals surface area contributed by atoms with Crippen LogP contribution in [0.3, 0.4) is 0 Å². The van der Waals surface area contributed by atoms with Gasteiger partial charge in [0.25, 0.3) is 5.91 Å². The van der Waals surface area contributed by atoms with Crippen molar-refractivity contribution in [2.75, 3.05) is 0 Å². The van der Waals surface area contributed by atoms with Crippen LogP contribution >= 0.6 is 11.6 Å². The molecule has 1 aromatic carbocycles. The van der Waals surface area contributed by atoms with E-state index < -0.39 is 0 Å². The maximum absolute atomic E-state index is 12.0. The number of rotatable bonds is 2. The van der Waals surface area contributed by atoms with Crippen LogP contribution in [0, 0.1) is 11.3 Å². The van der Waals surface area contributed by atoms with Crippen LogP contribution in [0.1, 0.15) is 56.8 Å². The van der Waals surface area contributed by atoms with Gasteiger partial charge in [-0.25, -0.2) is 5.43 Å². The summed E-state index contributed by atoms with van der Waals surface area (Å²) in [5.74, 6) is 0.488. The summed E-state index contributed by atoms with van der Waals surface area (Å²) in [6.07, 6.45) is 4.21. The highest BCUT2D eigenvalue weighted by molar-refractivity contribution is 6.33. The minimum Gasteiger partial charge on any atom is -0.267 e. The first-order valence-corrected chi connectivity index (χ1v) is 7.86. The molecular formula is C17H23ClN2O. The molecule has 1 aliphatic carbocycles. The van der Waals surface area contributed by atoms with Crippen molar-refractivity contribution in [2.24, 2.45) is 16.4 Å². The van der Waals surface area contributed by atoms with Crippen LogP contribution in [0.4, 0.5) is 0 Å². The van der Waals surface area contributed by atoms with E-state index in [1.807, 2.05) is 0 Å². The predicted molar refractivity (Wildman–Crippen MR) is 87.8 cm³/mol. The molecule has 4 heteroatoms. The normalized spacial score (nSPS) is 19.2. The van der Waals surface area contributed by atoms with Crippen LogP contribution in [0.5, 0.6) is 0 Å². The lowest BCUT2D eigenvalue weighted by Crippen LogP contribution is -2.27. The van der Waals surface area contributed by atoms with Gasteiger partial charge in [-0.2, -0.15) is 5.10 Å². The minimum atomic E-state index is -0.244. The van der Waals surface area contributed by atoms with Crippen molar-refractivity contribution in [1.29, 1.82) is 0 Å². The topological polar surface area (TPSA) is 41.5 Å². The van der Waals surface area contributed by atoms with Gasteiger partial charge in [-0.05, 0) is 49.1 Å². The third kappa shape index (κ3) is 4.31. The van der Waals surface area contributed by atoms with Gasteiger partial charge in [0.05, 0.1) is 10.6 Å². The summed E-state index contributed by atoms with van der Waals surface area (Å²) in [7, 11) is 0. The summed E-state index contributed by atoms with van der Waals surface area (Å²) in [6, 6.07) is 7.01. The molecule has 0 radical (unpaired) electrons. The highest BCUT2D eigenvalue weighted by atomic mass is 35.5. The van der Waals surface area contributed by atoms with Gasteiger partial charge in [0, 0.05) is 5.71 Å². The van der Waals surface area contributed by atoms with Crippen molar-refractivity contribution < 1.29 is 4.79 Å². The third-order valence-electron chi connectivity index (χ3n) is 4.22. The third-order valence-corrected chi connectivity index (χ3v) is 4.55. The number of carbonyl (C=O) groups is 1. The molecule has 1 aliphatic rings. The summed E-state index contributed by atoms with van der Waals surface area (Å²) in [6.45, 7) is 6.87. The molecule has 0 aliphatic heterocycles. The first-order chi connectivity index (χ1) is 9.88. The minimum absolute atomic E-state index is 0.244. The number of hydrogen-bond donors (Lipinski definition) is 1. The predicted octanol–water partition coefficient (Wildman–Crippen LogP) is 4.66. The van der Waals surface area contributed by atoms with Crippen LogP contribution in [0.2, 0.25) is 5.02 Å². The molecule has 1 aromatic rings. The van der Waals surface area contributed by atoms with Crippen molar-refractivity contribution >= 4 is 23.2 Å². The molecule has 0 bridgehead atoms. The number of halogens is 1. The van der Waals surface area contributed by atoms with Gasteiger partial charge in [-0.1, -0.05) is 44.5 Å². The zero-order chi connectivity index (χ0) is 15.5. The van der Waals surface area contributed by atoms with Gasteiger partial charge in [0.15, 0.2) is 0 Å². The maximum Gasteiger partial charge on any atom is 0.272 e. The fourth-order valence-corrected chi connectivity index (χ4v) is 2.99. The van der Waals surface area contributed by atoms with Crippen LogP contribution in [-0.4, -0.2) is 11.6 Å². The van der Waals surface area contributed by atoms with Gasteiger partial charge >= 0.3 is 0 Å². The van der Waals surface area contributed by atoms with Gasteiger partial charge < -0.3 is 0 Å². The van der Waals surface area contributed by atoms with Crippen LogP contribution in [0.25, 0.3) is 0 Å². The van der Waals surface area contributed by atoms with E-state index in [1.54, 1.807) is 24.3 Å². The summed E-state index contributed by atoms with van der Waals surface area (Å²) < 4.78 is 0. The fourth-order valence-electron chi connectivity index (χ4n) is 2.76. The first kappa shape index (κ1) is 16.0. The second kappa shape index (κ2) is 6.61. The van der Waals surface area contributed by atoms with Crippen molar-refractivity contribution in [1.82, 2.24) is 5.43 Å². The number of nitrogens with one attached hydrogen (secondary N) is 1. The Bertz CT molecular complexity index is 536. The van der Waals surface area contributed by atoms with Crippen molar-refractivity contribution in [3.63, 3.8) is 0 Å². The maximum atomic E-state index is 12.0. The van der Waals surface area contributed by atoms with E-state index in [2.05, 4.69) is 31.3 Å². The molecule has 0 spiro atoms. The molecule has 114 valence electrons. The van der Waals surface area contributed by atoms with E-state index in [1.165, 1.54) is 0 Å². The van der Waals surface area contributed by atoms with E-state index in [-0.39, 0.29) is 5.91 Å². The molecule has 0 saturated heterocycles. The van der Waals surface area contributed by atoms with Crippen LogP contribution in [0.15, 0.2) is 29.4 Å². The molecule has 1 fully saturated rings. The van der Waals surface area contributed by atoms with Crippen molar-refractivity contribution in [3.05, 3.63) is 34.9 Å². The number of hydrazone groups is 1. The van der Waals surface area contributed by atoms with Crippen molar-refractivity contribution in [3.8, 4) is 0 Å². The molecule has 1 saturated carbocycles. The van der Waals surface area contributed by atoms with Gasteiger partial charge in [0.2, 0.25) is 0 Å². The lowest BCUT2D eigenvalue weighted by molar-refractivity contribution is 0.0954. The molecule has 1 N–H and O–H groups in total. The zero-order valence-electron chi connectivity index (χ0n) is 12.9. The number of nitrogens with zero attached hydrogens (tertiary/aromatic N) is 1. The molecule has 0 aromatic heterocycles. The number of amides is 1. The second-order valence-corrected chi connectivity index (χ2v) is 7.15. The lowest BCUT2D eigenvalue weighted by Gasteiger charge is -2.34. The van der Waals surface area contributed by atoms with Gasteiger partial charge in [-0.3, -0.25) is 4.79 Å². The zero-order valence-corrected chi connectivity index (χ0v) is 13.7. The molecule has 21 heavy (non-hydrogen) atoms. The molecule has 0 heterocycles. The Labute approximate surface area is 131 Å². The van der Waals surface area contributed by atoms with Crippen LogP contribution < -0.4 is 5.43 Å². The Hall–Kier alpha value is -1.35.